The lowest BCUT2D eigenvalue weighted by Crippen LogP contribution is -2.30. The molecular weight excluding hydrogens is 394 g/mol. The minimum Gasteiger partial charge on any atom is -0.493 e. The topological polar surface area (TPSA) is 73.7 Å². The van der Waals surface area contributed by atoms with Crippen molar-refractivity contribution in [1.29, 1.82) is 0 Å². The molecule has 1 amide bonds. The normalized spacial score (nSPS) is 12.6. The zero-order chi connectivity index (χ0) is 22.0. The minimum absolute atomic E-state index is 0.0228. The molecule has 162 valence electrons. The van der Waals surface area contributed by atoms with Crippen molar-refractivity contribution in [2.75, 3.05) is 20.3 Å². The summed E-state index contributed by atoms with van der Waals surface area (Å²) in [6.45, 7) is 6.13. The van der Waals surface area contributed by atoms with Crippen LogP contribution in [0.2, 0.25) is 0 Å². The van der Waals surface area contributed by atoms with Crippen molar-refractivity contribution < 1.29 is 14.3 Å². The van der Waals surface area contributed by atoms with E-state index in [1.54, 1.807) is 34.8 Å². The molecule has 0 atom stereocenters. The molecule has 0 unspecified atom stereocenters. The van der Waals surface area contributed by atoms with E-state index in [4.69, 9.17) is 9.47 Å². The average molecular weight is 421 g/mol. The fourth-order valence-electron chi connectivity index (χ4n) is 4.03. The number of carbonyl (C=O) groups excluding carboxylic acids is 1. The number of hydrogen-bond acceptors (Lipinski definition) is 5. The fraction of sp³-hybridized carbons (Fsp3) is 0.375. The van der Waals surface area contributed by atoms with E-state index in [0.717, 1.165) is 24.2 Å². The second-order valence-corrected chi connectivity index (χ2v) is 7.56. The number of carbonyl (C=O) groups is 1. The van der Waals surface area contributed by atoms with Crippen LogP contribution in [0.4, 0.5) is 0 Å². The number of benzene rings is 2. The van der Waals surface area contributed by atoms with Crippen molar-refractivity contribution >= 4 is 16.8 Å². The van der Waals surface area contributed by atoms with E-state index in [1.165, 1.54) is 0 Å². The Morgan fingerprint density at radius 2 is 2.00 bits per heavy atom. The van der Waals surface area contributed by atoms with Gasteiger partial charge in [0.2, 0.25) is 0 Å². The van der Waals surface area contributed by atoms with Gasteiger partial charge in [-0.15, -0.1) is 0 Å². The summed E-state index contributed by atoms with van der Waals surface area (Å²) in [5.41, 5.74) is 2.04. The largest absolute Gasteiger partial charge is 0.493 e. The highest BCUT2D eigenvalue weighted by atomic mass is 16.5. The Morgan fingerprint density at radius 3 is 2.74 bits per heavy atom. The predicted octanol–water partition coefficient (Wildman–Crippen LogP) is 3.41. The number of hydrogen-bond donors (Lipinski definition) is 0. The summed E-state index contributed by atoms with van der Waals surface area (Å²) in [4.78, 5) is 32.3. The van der Waals surface area contributed by atoms with Crippen molar-refractivity contribution in [3.63, 3.8) is 0 Å². The van der Waals surface area contributed by atoms with Crippen molar-refractivity contribution in [2.45, 2.75) is 39.8 Å². The molecule has 2 aromatic carbocycles. The molecule has 3 aromatic rings. The Bertz CT molecular complexity index is 1190. The van der Waals surface area contributed by atoms with E-state index in [-0.39, 0.29) is 11.5 Å². The lowest BCUT2D eigenvalue weighted by Gasteiger charge is -2.22. The van der Waals surface area contributed by atoms with Crippen LogP contribution >= 0.6 is 0 Å². The Balaban J connectivity index is 1.61. The first kappa shape index (κ1) is 20.9. The van der Waals surface area contributed by atoms with Crippen LogP contribution in [0.25, 0.3) is 10.9 Å². The maximum absolute atomic E-state index is 13.2. The van der Waals surface area contributed by atoms with E-state index in [2.05, 4.69) is 4.98 Å². The summed E-state index contributed by atoms with van der Waals surface area (Å²) in [5.74, 6) is 2.03. The number of methoxy groups -OCH3 is 1. The van der Waals surface area contributed by atoms with Gasteiger partial charge >= 0.3 is 0 Å². The molecular formula is C24H27N3O4. The molecule has 0 saturated carbocycles. The first-order valence-corrected chi connectivity index (χ1v) is 10.7. The first-order valence-electron chi connectivity index (χ1n) is 10.7. The van der Waals surface area contributed by atoms with Crippen molar-refractivity contribution in [3.8, 4) is 11.5 Å². The molecule has 31 heavy (non-hydrogen) atoms. The van der Waals surface area contributed by atoms with E-state index in [1.807, 2.05) is 32.0 Å². The summed E-state index contributed by atoms with van der Waals surface area (Å²) >= 11 is 0. The quantitative estimate of drug-likeness (QED) is 0.585. The van der Waals surface area contributed by atoms with Crippen LogP contribution in [0.5, 0.6) is 11.5 Å². The lowest BCUT2D eigenvalue weighted by atomic mass is 10.1. The highest BCUT2D eigenvalue weighted by molar-refractivity contribution is 5.97. The third kappa shape index (κ3) is 4.00. The van der Waals surface area contributed by atoms with Crippen LogP contribution in [-0.2, 0) is 19.5 Å². The molecule has 1 aromatic heterocycles. The van der Waals surface area contributed by atoms with Gasteiger partial charge in [0.1, 0.15) is 5.82 Å². The van der Waals surface area contributed by atoms with Gasteiger partial charge in [-0.3, -0.25) is 14.2 Å². The molecule has 0 N–H and O–H groups in total. The Morgan fingerprint density at radius 1 is 1.16 bits per heavy atom. The summed E-state index contributed by atoms with van der Waals surface area (Å²) in [7, 11) is 1.60. The number of nitrogens with zero attached hydrogens (tertiary/aromatic N) is 3. The number of aryl methyl sites for hydroxylation is 1. The van der Waals surface area contributed by atoms with Crippen LogP contribution in [0.1, 0.15) is 42.0 Å². The number of ether oxygens (including phenoxy) is 2. The van der Waals surface area contributed by atoms with Crippen molar-refractivity contribution in [2.24, 2.45) is 0 Å². The molecule has 1 aliphatic heterocycles. The number of aromatic nitrogens is 2. The number of fused-ring (bicyclic) bond motifs is 2. The molecule has 0 aliphatic carbocycles. The van der Waals surface area contributed by atoms with Gasteiger partial charge in [-0.2, -0.15) is 0 Å². The third-order valence-corrected chi connectivity index (χ3v) is 5.63. The van der Waals surface area contributed by atoms with E-state index in [0.29, 0.717) is 54.2 Å². The summed E-state index contributed by atoms with van der Waals surface area (Å²) < 4.78 is 12.7. The molecule has 0 spiro atoms. The van der Waals surface area contributed by atoms with Crippen molar-refractivity contribution in [3.05, 3.63) is 63.7 Å². The average Bonchev–Trinajstić information content (AvgIpc) is 3.26. The molecule has 2 heterocycles. The van der Waals surface area contributed by atoms with Gasteiger partial charge < -0.3 is 14.4 Å². The maximum atomic E-state index is 13.2. The van der Waals surface area contributed by atoms with Gasteiger partial charge in [0, 0.05) is 31.6 Å². The standard InChI is InChI=1S/C24H27N3O4/c1-4-26(15-16-8-11-20(31-5-2)21(13-16)30-3)23(28)17-9-10-18-19(14-17)25-22-7-6-12-27(22)24(18)29/h8-11,13-14H,4-7,12,15H2,1-3H3. The molecule has 1 aliphatic rings. The van der Waals surface area contributed by atoms with Crippen LogP contribution < -0.4 is 15.0 Å². The van der Waals surface area contributed by atoms with E-state index < -0.39 is 0 Å². The Hall–Kier alpha value is -3.35. The summed E-state index contributed by atoms with van der Waals surface area (Å²) in [6.07, 6.45) is 1.73. The Kier molecular flexibility index (Phi) is 5.93. The van der Waals surface area contributed by atoms with Crippen LogP contribution in [0.15, 0.2) is 41.2 Å². The first-order chi connectivity index (χ1) is 15.0. The molecule has 4 rings (SSSR count). The zero-order valence-corrected chi connectivity index (χ0v) is 18.2. The fourth-order valence-corrected chi connectivity index (χ4v) is 4.03. The van der Waals surface area contributed by atoms with Gasteiger partial charge in [-0.25, -0.2) is 4.98 Å². The van der Waals surface area contributed by atoms with Crippen LogP contribution in [0, 0.1) is 0 Å². The highest BCUT2D eigenvalue weighted by Gasteiger charge is 2.19. The van der Waals surface area contributed by atoms with E-state index >= 15 is 0 Å². The molecule has 0 bridgehead atoms. The smallest absolute Gasteiger partial charge is 0.261 e. The van der Waals surface area contributed by atoms with Gasteiger partial charge in [0.25, 0.3) is 11.5 Å². The molecule has 7 heteroatoms. The number of amides is 1. The second-order valence-electron chi connectivity index (χ2n) is 7.56. The minimum atomic E-state index is -0.0975. The van der Waals surface area contributed by atoms with Gasteiger partial charge in [-0.1, -0.05) is 6.07 Å². The van der Waals surface area contributed by atoms with Gasteiger partial charge in [0.15, 0.2) is 11.5 Å². The summed E-state index contributed by atoms with van der Waals surface area (Å²) in [6, 6.07) is 10.9. The number of rotatable bonds is 7. The van der Waals surface area contributed by atoms with Crippen molar-refractivity contribution in [1.82, 2.24) is 14.5 Å². The van der Waals surface area contributed by atoms with Gasteiger partial charge in [-0.05, 0) is 56.2 Å². The third-order valence-electron chi connectivity index (χ3n) is 5.63. The van der Waals surface area contributed by atoms with Crippen LogP contribution in [-0.4, -0.2) is 40.6 Å². The highest BCUT2D eigenvalue weighted by Crippen LogP contribution is 2.29. The monoisotopic (exact) mass is 421 g/mol. The summed E-state index contributed by atoms with van der Waals surface area (Å²) in [5, 5.41) is 0.557. The van der Waals surface area contributed by atoms with Gasteiger partial charge in [0.05, 0.1) is 24.6 Å². The zero-order valence-electron chi connectivity index (χ0n) is 18.2. The second kappa shape index (κ2) is 8.79. The lowest BCUT2D eigenvalue weighted by molar-refractivity contribution is 0.0752. The van der Waals surface area contributed by atoms with E-state index in [9.17, 15) is 9.59 Å². The predicted molar refractivity (Wildman–Crippen MR) is 119 cm³/mol. The molecule has 7 nitrogen and oxygen atoms in total. The Labute approximate surface area is 181 Å². The molecule has 0 saturated heterocycles. The SMILES string of the molecule is CCOc1ccc(CN(CC)C(=O)c2ccc3c(=O)n4c(nc3c2)CCC4)cc1OC. The maximum Gasteiger partial charge on any atom is 0.261 e. The molecule has 0 fully saturated rings. The molecule has 0 radical (unpaired) electrons. The van der Waals surface area contributed by atoms with Crippen LogP contribution in [0.3, 0.4) is 0 Å².